The highest BCUT2D eigenvalue weighted by molar-refractivity contribution is 7.89. The van der Waals surface area contributed by atoms with E-state index in [1.54, 1.807) is 4.90 Å². The average molecular weight is 460 g/mol. The molecule has 1 aliphatic rings. The van der Waals surface area contributed by atoms with Gasteiger partial charge in [-0.25, -0.2) is 13.2 Å². The van der Waals surface area contributed by atoms with Crippen LogP contribution in [0.5, 0.6) is 0 Å². The maximum absolute atomic E-state index is 12.5. The summed E-state index contributed by atoms with van der Waals surface area (Å²) in [4.78, 5) is 28.2. The highest BCUT2D eigenvalue weighted by Crippen LogP contribution is 2.18. The first-order valence-corrected chi connectivity index (χ1v) is 11.7. The lowest BCUT2D eigenvalue weighted by molar-refractivity contribution is -0.122. The second-order valence-corrected chi connectivity index (χ2v) is 10.2. The molecule has 2 amide bonds. The monoisotopic (exact) mass is 459 g/mol. The molecule has 12 heteroatoms. The van der Waals surface area contributed by atoms with Crippen molar-refractivity contribution in [3.8, 4) is 0 Å². The third kappa shape index (κ3) is 7.18. The van der Waals surface area contributed by atoms with E-state index in [0.29, 0.717) is 39.3 Å². The molecule has 0 unspecified atom stereocenters. The molecule has 2 heterocycles. The van der Waals surface area contributed by atoms with E-state index in [-0.39, 0.29) is 22.4 Å². The molecule has 0 aromatic carbocycles. The van der Waals surface area contributed by atoms with E-state index in [2.05, 4.69) is 20.1 Å². The van der Waals surface area contributed by atoms with Crippen molar-refractivity contribution in [1.82, 2.24) is 25.0 Å². The summed E-state index contributed by atoms with van der Waals surface area (Å²) in [6, 6.07) is -0.956. The number of nitrogens with one attached hydrogen (secondary N) is 2. The number of piperazine rings is 1. The lowest BCUT2D eigenvalue weighted by atomic mass is 10.2. The van der Waals surface area contributed by atoms with Crippen molar-refractivity contribution in [2.75, 3.05) is 39.3 Å². The van der Waals surface area contributed by atoms with Crippen molar-refractivity contribution in [2.45, 2.75) is 58.1 Å². The van der Waals surface area contributed by atoms with E-state index in [0.717, 1.165) is 0 Å². The van der Waals surface area contributed by atoms with E-state index in [1.807, 2.05) is 20.8 Å². The third-order valence-corrected chi connectivity index (χ3v) is 6.50. The number of aromatic nitrogens is 1. The SMILES string of the molecule is Cc1noc(C)c1S(=O)(=O)N[C@@H](C)C(=O)NCCN1CCN(C(=O)OC(C)(C)C)CC1. The fraction of sp³-hybridized carbons (Fsp3) is 0.737. The number of carbonyl (C=O) groups excluding carboxylic acids is 2. The van der Waals surface area contributed by atoms with Gasteiger partial charge in [-0.15, -0.1) is 0 Å². The summed E-state index contributed by atoms with van der Waals surface area (Å²) in [6.45, 7) is 13.4. The van der Waals surface area contributed by atoms with Crippen LogP contribution in [0.15, 0.2) is 9.42 Å². The first-order chi connectivity index (χ1) is 14.3. The van der Waals surface area contributed by atoms with Crippen molar-refractivity contribution >= 4 is 22.0 Å². The predicted molar refractivity (Wildman–Crippen MR) is 113 cm³/mol. The van der Waals surface area contributed by atoms with Crippen molar-refractivity contribution in [3.63, 3.8) is 0 Å². The summed E-state index contributed by atoms with van der Waals surface area (Å²) in [5, 5.41) is 6.38. The van der Waals surface area contributed by atoms with E-state index in [4.69, 9.17) is 9.26 Å². The van der Waals surface area contributed by atoms with Crippen LogP contribution in [0.1, 0.15) is 39.1 Å². The molecule has 0 aliphatic carbocycles. The number of rotatable bonds is 7. The Labute approximate surface area is 183 Å². The topological polar surface area (TPSA) is 134 Å². The van der Waals surface area contributed by atoms with Gasteiger partial charge in [0.25, 0.3) is 0 Å². The average Bonchev–Trinajstić information content (AvgIpc) is 2.99. The van der Waals surface area contributed by atoms with Crippen LogP contribution in [0.2, 0.25) is 0 Å². The van der Waals surface area contributed by atoms with E-state index in [1.165, 1.54) is 20.8 Å². The predicted octanol–water partition coefficient (Wildman–Crippen LogP) is 0.627. The maximum Gasteiger partial charge on any atom is 0.410 e. The van der Waals surface area contributed by atoms with Crippen LogP contribution >= 0.6 is 0 Å². The van der Waals surface area contributed by atoms with Gasteiger partial charge in [0.1, 0.15) is 16.2 Å². The number of sulfonamides is 1. The van der Waals surface area contributed by atoms with Crippen molar-refractivity contribution < 1.29 is 27.3 Å². The Kier molecular flexibility index (Phi) is 8.06. The smallest absolute Gasteiger partial charge is 0.410 e. The zero-order valence-electron chi connectivity index (χ0n) is 19.0. The summed E-state index contributed by atoms with van der Waals surface area (Å²) < 4.78 is 37.6. The van der Waals surface area contributed by atoms with Gasteiger partial charge in [-0.2, -0.15) is 4.72 Å². The second kappa shape index (κ2) is 9.96. The van der Waals surface area contributed by atoms with Gasteiger partial charge < -0.3 is 19.5 Å². The molecule has 1 aromatic heterocycles. The molecule has 31 heavy (non-hydrogen) atoms. The highest BCUT2D eigenvalue weighted by atomic mass is 32.2. The first kappa shape index (κ1) is 25.1. The molecule has 2 N–H and O–H groups in total. The van der Waals surface area contributed by atoms with E-state index < -0.39 is 27.6 Å². The van der Waals surface area contributed by atoms with Crippen LogP contribution in [0.4, 0.5) is 4.79 Å². The fourth-order valence-electron chi connectivity index (χ4n) is 3.17. The Hall–Kier alpha value is -2.18. The van der Waals surface area contributed by atoms with Crippen molar-refractivity contribution in [3.05, 3.63) is 11.5 Å². The van der Waals surface area contributed by atoms with Crippen molar-refractivity contribution in [1.29, 1.82) is 0 Å². The fourth-order valence-corrected chi connectivity index (χ4v) is 4.71. The number of aryl methyl sites for hydroxylation is 2. The quantitative estimate of drug-likeness (QED) is 0.606. The number of hydrogen-bond acceptors (Lipinski definition) is 8. The number of hydrogen-bond donors (Lipinski definition) is 2. The molecule has 0 spiro atoms. The Morgan fingerprint density at radius 3 is 2.32 bits per heavy atom. The molecule has 0 saturated carbocycles. The lowest BCUT2D eigenvalue weighted by Gasteiger charge is -2.35. The van der Waals surface area contributed by atoms with Gasteiger partial charge in [-0.1, -0.05) is 5.16 Å². The molecule has 1 fully saturated rings. The summed E-state index contributed by atoms with van der Waals surface area (Å²) in [6.07, 6.45) is -0.320. The Morgan fingerprint density at radius 2 is 1.81 bits per heavy atom. The van der Waals surface area contributed by atoms with E-state index in [9.17, 15) is 18.0 Å². The zero-order chi connectivity index (χ0) is 23.4. The zero-order valence-corrected chi connectivity index (χ0v) is 19.8. The number of ether oxygens (including phenoxy) is 1. The largest absolute Gasteiger partial charge is 0.444 e. The van der Waals surface area contributed by atoms with Gasteiger partial charge >= 0.3 is 6.09 Å². The first-order valence-electron chi connectivity index (χ1n) is 10.2. The normalized spacial score (nSPS) is 16.8. The molecule has 1 aromatic rings. The molecule has 11 nitrogen and oxygen atoms in total. The molecular weight excluding hydrogens is 426 g/mol. The summed E-state index contributed by atoms with van der Waals surface area (Å²) in [5.74, 6) is -0.258. The summed E-state index contributed by atoms with van der Waals surface area (Å²) in [5.41, 5.74) is -0.287. The van der Waals surface area contributed by atoms with Crippen LogP contribution < -0.4 is 10.0 Å². The number of carbonyl (C=O) groups is 2. The molecule has 0 radical (unpaired) electrons. The minimum Gasteiger partial charge on any atom is -0.444 e. The van der Waals surface area contributed by atoms with Gasteiger partial charge in [0, 0.05) is 39.3 Å². The van der Waals surface area contributed by atoms with Gasteiger partial charge in [0.15, 0.2) is 5.76 Å². The molecular formula is C19H33N5O6S. The van der Waals surface area contributed by atoms with E-state index >= 15 is 0 Å². The van der Waals surface area contributed by atoms with Crippen LogP contribution in [0, 0.1) is 13.8 Å². The van der Waals surface area contributed by atoms with Gasteiger partial charge in [-0.05, 0) is 41.5 Å². The molecule has 2 rings (SSSR count). The second-order valence-electron chi connectivity index (χ2n) is 8.60. The Bertz CT molecular complexity index is 865. The Morgan fingerprint density at radius 1 is 1.19 bits per heavy atom. The molecule has 0 bridgehead atoms. The number of nitrogens with zero attached hydrogens (tertiary/aromatic N) is 3. The molecule has 176 valence electrons. The summed E-state index contributed by atoms with van der Waals surface area (Å²) in [7, 11) is -3.92. The minimum absolute atomic E-state index is 0.0463. The highest BCUT2D eigenvalue weighted by Gasteiger charge is 2.28. The van der Waals surface area contributed by atoms with Crippen LogP contribution in [-0.4, -0.2) is 86.3 Å². The number of amides is 2. The van der Waals surface area contributed by atoms with Gasteiger partial charge in [0.05, 0.1) is 6.04 Å². The lowest BCUT2D eigenvalue weighted by Crippen LogP contribution is -2.52. The van der Waals surface area contributed by atoms with Gasteiger partial charge in [-0.3, -0.25) is 9.69 Å². The van der Waals surface area contributed by atoms with Crippen molar-refractivity contribution in [2.24, 2.45) is 0 Å². The molecule has 1 aliphatic heterocycles. The molecule has 1 saturated heterocycles. The van der Waals surface area contributed by atoms with Gasteiger partial charge in [0.2, 0.25) is 15.9 Å². The van der Waals surface area contributed by atoms with Crippen LogP contribution in [0.3, 0.4) is 0 Å². The maximum atomic E-state index is 12.5. The Balaban J connectivity index is 1.74. The van der Waals surface area contributed by atoms with Crippen LogP contribution in [-0.2, 0) is 19.6 Å². The minimum atomic E-state index is -3.92. The molecule has 1 atom stereocenters. The van der Waals surface area contributed by atoms with Crippen LogP contribution in [0.25, 0.3) is 0 Å². The third-order valence-electron chi connectivity index (χ3n) is 4.71. The standard InChI is InChI=1S/C19H33N5O6S/c1-13-16(15(3)30-21-13)31(27,28)22-14(2)17(25)20-7-8-23-9-11-24(12-10-23)18(26)29-19(4,5)6/h14,22H,7-12H2,1-6H3,(H,20,25)/t14-/m0/s1. The summed E-state index contributed by atoms with van der Waals surface area (Å²) >= 11 is 0.